The molecule has 0 bridgehead atoms. The number of rotatable bonds is 6. The Morgan fingerprint density at radius 3 is 2.63 bits per heavy atom. The Labute approximate surface area is 116 Å². The molecule has 4 nitrogen and oxygen atoms in total. The van der Waals surface area contributed by atoms with Crippen molar-refractivity contribution in [1.82, 2.24) is 15.3 Å². The predicted molar refractivity (Wildman–Crippen MR) is 78.3 cm³/mol. The van der Waals surface area contributed by atoms with Gasteiger partial charge in [-0.2, -0.15) is 0 Å². The van der Waals surface area contributed by atoms with Crippen LogP contribution in [0.1, 0.15) is 45.4 Å². The molecule has 0 spiro atoms. The van der Waals surface area contributed by atoms with Gasteiger partial charge in [0.15, 0.2) is 0 Å². The molecule has 1 heterocycles. The van der Waals surface area contributed by atoms with Gasteiger partial charge >= 0.3 is 6.01 Å². The Morgan fingerprint density at radius 2 is 2.11 bits per heavy atom. The molecule has 1 N–H and O–H groups in total. The molecule has 1 aromatic rings. The van der Waals surface area contributed by atoms with E-state index in [0.29, 0.717) is 12.6 Å². The van der Waals surface area contributed by atoms with Crippen molar-refractivity contribution in [2.75, 3.05) is 6.61 Å². The molecule has 1 aromatic heterocycles. The van der Waals surface area contributed by atoms with E-state index in [-0.39, 0.29) is 5.54 Å². The van der Waals surface area contributed by atoms with E-state index in [0.717, 1.165) is 29.8 Å². The van der Waals surface area contributed by atoms with Crippen LogP contribution in [0.5, 0.6) is 6.01 Å². The molecule has 1 rings (SSSR count). The van der Waals surface area contributed by atoms with Crippen molar-refractivity contribution in [2.24, 2.45) is 0 Å². The van der Waals surface area contributed by atoms with Crippen LogP contribution in [0.4, 0.5) is 0 Å². The minimum atomic E-state index is 0.0864. The van der Waals surface area contributed by atoms with Gasteiger partial charge in [-0.25, -0.2) is 9.97 Å². The average Bonchev–Trinajstić information content (AvgIpc) is 2.26. The number of ether oxygens (including phenoxy) is 1. The summed E-state index contributed by atoms with van der Waals surface area (Å²) in [5.74, 6) is 0. The van der Waals surface area contributed by atoms with E-state index in [1.165, 1.54) is 0 Å². The lowest BCUT2D eigenvalue weighted by molar-refractivity contribution is 0.295. The van der Waals surface area contributed by atoms with Crippen LogP contribution in [0, 0.1) is 6.92 Å². The molecule has 0 radical (unpaired) electrons. The first kappa shape index (κ1) is 15.6. The zero-order valence-corrected chi connectivity index (χ0v) is 12.7. The molecule has 4 heteroatoms. The Kier molecular flexibility index (Phi) is 5.48. The standard InChI is InChI=1S/C15H25N3O/c1-11(2)7-8-19-14-16-9-13(12(3)18-14)10-17-15(4,5)6/h9,17H,1,7-8,10H2,2-6H3. The molecule has 0 aliphatic rings. The van der Waals surface area contributed by atoms with E-state index in [4.69, 9.17) is 4.74 Å². The summed E-state index contributed by atoms with van der Waals surface area (Å²) in [5, 5.41) is 3.42. The zero-order chi connectivity index (χ0) is 14.5. The smallest absolute Gasteiger partial charge is 0.316 e. The lowest BCUT2D eigenvalue weighted by atomic mass is 10.1. The zero-order valence-electron chi connectivity index (χ0n) is 12.7. The van der Waals surface area contributed by atoms with Gasteiger partial charge in [-0.1, -0.05) is 5.57 Å². The van der Waals surface area contributed by atoms with E-state index in [2.05, 4.69) is 42.6 Å². The molecule has 0 aliphatic heterocycles. The van der Waals surface area contributed by atoms with Crippen LogP contribution in [0.25, 0.3) is 0 Å². The third-order valence-electron chi connectivity index (χ3n) is 2.63. The molecule has 0 saturated carbocycles. The summed E-state index contributed by atoms with van der Waals surface area (Å²) in [5.41, 5.74) is 3.24. The molecule has 0 amide bonds. The van der Waals surface area contributed by atoms with Gasteiger partial charge in [-0.05, 0) is 34.6 Å². The second-order valence-corrected chi connectivity index (χ2v) is 5.92. The molecule has 0 fully saturated rings. The largest absolute Gasteiger partial charge is 0.463 e. The molecular weight excluding hydrogens is 238 g/mol. The van der Waals surface area contributed by atoms with Crippen LogP contribution in [-0.2, 0) is 6.54 Å². The molecule has 0 aliphatic carbocycles. The summed E-state index contributed by atoms with van der Waals surface area (Å²) >= 11 is 0. The van der Waals surface area contributed by atoms with Crippen molar-refractivity contribution in [1.29, 1.82) is 0 Å². The number of hydrogen-bond acceptors (Lipinski definition) is 4. The van der Waals surface area contributed by atoms with Crippen molar-refractivity contribution in [3.63, 3.8) is 0 Å². The van der Waals surface area contributed by atoms with Crippen LogP contribution in [0.3, 0.4) is 0 Å². The number of nitrogens with one attached hydrogen (secondary N) is 1. The summed E-state index contributed by atoms with van der Waals surface area (Å²) in [6.45, 7) is 15.6. The monoisotopic (exact) mass is 263 g/mol. The minimum Gasteiger partial charge on any atom is -0.463 e. The van der Waals surface area contributed by atoms with Gasteiger partial charge in [0.25, 0.3) is 0 Å². The highest BCUT2D eigenvalue weighted by Crippen LogP contribution is 2.11. The molecule has 0 saturated heterocycles. The maximum Gasteiger partial charge on any atom is 0.316 e. The van der Waals surface area contributed by atoms with Crippen molar-refractivity contribution in [3.8, 4) is 6.01 Å². The molecular formula is C15H25N3O. The highest BCUT2D eigenvalue weighted by Gasteiger charge is 2.10. The first-order valence-electron chi connectivity index (χ1n) is 6.62. The first-order valence-corrected chi connectivity index (χ1v) is 6.62. The quantitative estimate of drug-likeness (QED) is 0.801. The van der Waals surface area contributed by atoms with Crippen molar-refractivity contribution in [3.05, 3.63) is 29.6 Å². The summed E-state index contributed by atoms with van der Waals surface area (Å²) in [4.78, 5) is 8.60. The highest BCUT2D eigenvalue weighted by atomic mass is 16.5. The summed E-state index contributed by atoms with van der Waals surface area (Å²) in [7, 11) is 0. The van der Waals surface area contributed by atoms with Crippen LogP contribution in [0.2, 0.25) is 0 Å². The fourth-order valence-electron chi connectivity index (χ4n) is 1.39. The summed E-state index contributed by atoms with van der Waals surface area (Å²) in [6, 6.07) is 0.443. The first-order chi connectivity index (χ1) is 8.78. The van der Waals surface area contributed by atoms with Gasteiger partial charge in [0.1, 0.15) is 0 Å². The van der Waals surface area contributed by atoms with Crippen molar-refractivity contribution in [2.45, 2.75) is 53.1 Å². The van der Waals surface area contributed by atoms with E-state index >= 15 is 0 Å². The Morgan fingerprint density at radius 1 is 1.42 bits per heavy atom. The second-order valence-electron chi connectivity index (χ2n) is 5.92. The molecule has 0 unspecified atom stereocenters. The second kappa shape index (κ2) is 6.66. The Bertz CT molecular complexity index is 436. The number of aromatic nitrogens is 2. The van der Waals surface area contributed by atoms with Crippen LogP contribution in [0.15, 0.2) is 18.3 Å². The number of hydrogen-bond donors (Lipinski definition) is 1. The lowest BCUT2D eigenvalue weighted by Gasteiger charge is -2.20. The summed E-state index contributed by atoms with van der Waals surface area (Å²) < 4.78 is 5.49. The normalized spacial score (nSPS) is 11.4. The maximum atomic E-state index is 5.49. The van der Waals surface area contributed by atoms with E-state index in [9.17, 15) is 0 Å². The van der Waals surface area contributed by atoms with Gasteiger partial charge in [0.05, 0.1) is 6.61 Å². The van der Waals surface area contributed by atoms with Gasteiger partial charge in [-0.15, -0.1) is 6.58 Å². The predicted octanol–water partition coefficient (Wildman–Crippen LogP) is 3.02. The maximum absolute atomic E-state index is 5.49. The number of aryl methyl sites for hydroxylation is 1. The van der Waals surface area contributed by atoms with Gasteiger partial charge in [-0.3, -0.25) is 0 Å². The third-order valence-corrected chi connectivity index (χ3v) is 2.63. The number of nitrogens with zero attached hydrogens (tertiary/aromatic N) is 2. The van der Waals surface area contributed by atoms with Crippen LogP contribution < -0.4 is 10.1 Å². The lowest BCUT2D eigenvalue weighted by Crippen LogP contribution is -2.35. The topological polar surface area (TPSA) is 47.0 Å². The molecule has 0 atom stereocenters. The average molecular weight is 263 g/mol. The Hall–Kier alpha value is -1.42. The molecule has 0 aromatic carbocycles. The highest BCUT2D eigenvalue weighted by molar-refractivity contribution is 5.17. The fraction of sp³-hybridized carbons (Fsp3) is 0.600. The van der Waals surface area contributed by atoms with Crippen LogP contribution >= 0.6 is 0 Å². The van der Waals surface area contributed by atoms with Crippen molar-refractivity contribution >= 4 is 0 Å². The van der Waals surface area contributed by atoms with Gasteiger partial charge in [0.2, 0.25) is 0 Å². The molecule has 106 valence electrons. The van der Waals surface area contributed by atoms with Crippen LogP contribution in [-0.4, -0.2) is 22.1 Å². The van der Waals surface area contributed by atoms with Gasteiger partial charge < -0.3 is 10.1 Å². The van der Waals surface area contributed by atoms with Crippen molar-refractivity contribution < 1.29 is 4.74 Å². The van der Waals surface area contributed by atoms with Gasteiger partial charge in [0, 0.05) is 36.0 Å². The van der Waals surface area contributed by atoms with E-state index in [1.807, 2.05) is 20.0 Å². The van der Waals surface area contributed by atoms with E-state index < -0.39 is 0 Å². The fourth-order valence-corrected chi connectivity index (χ4v) is 1.39. The SMILES string of the molecule is C=C(C)CCOc1ncc(CNC(C)(C)C)c(C)n1. The summed E-state index contributed by atoms with van der Waals surface area (Å²) in [6.07, 6.45) is 2.66. The third kappa shape index (κ3) is 6.34. The molecule has 19 heavy (non-hydrogen) atoms. The Balaban J connectivity index is 2.56. The van der Waals surface area contributed by atoms with E-state index in [1.54, 1.807) is 0 Å². The minimum absolute atomic E-state index is 0.0864.